The highest BCUT2D eigenvalue weighted by atomic mass is 16.5. The Kier molecular flexibility index (Phi) is 4.87. The lowest BCUT2D eigenvalue weighted by Crippen LogP contribution is -2.28. The molecule has 0 fully saturated rings. The van der Waals surface area contributed by atoms with Crippen LogP contribution in [0.5, 0.6) is 6.01 Å². The Bertz CT molecular complexity index is 364. The van der Waals surface area contributed by atoms with E-state index in [1.54, 1.807) is 0 Å². The van der Waals surface area contributed by atoms with Crippen LogP contribution in [-0.4, -0.2) is 22.1 Å². The fourth-order valence-corrected chi connectivity index (χ4v) is 1.31. The van der Waals surface area contributed by atoms with E-state index in [4.69, 9.17) is 4.74 Å². The van der Waals surface area contributed by atoms with Crippen LogP contribution in [0.4, 0.5) is 0 Å². The van der Waals surface area contributed by atoms with Gasteiger partial charge in [0.05, 0.1) is 5.69 Å². The Hall–Kier alpha value is -1.16. The van der Waals surface area contributed by atoms with Crippen molar-refractivity contribution in [1.82, 2.24) is 15.3 Å². The number of nitrogens with one attached hydrogen (secondary N) is 1. The minimum absolute atomic E-state index is 0.219. The summed E-state index contributed by atoms with van der Waals surface area (Å²) in [5, 5.41) is 3.25. The van der Waals surface area contributed by atoms with Gasteiger partial charge in [0.2, 0.25) is 0 Å². The van der Waals surface area contributed by atoms with Gasteiger partial charge >= 0.3 is 6.01 Å². The number of hydrogen-bond acceptors (Lipinski definition) is 4. The van der Waals surface area contributed by atoms with E-state index in [9.17, 15) is 0 Å². The maximum Gasteiger partial charge on any atom is 0.317 e. The van der Waals surface area contributed by atoms with E-state index in [1.807, 2.05) is 26.8 Å². The zero-order valence-corrected chi connectivity index (χ0v) is 11.5. The molecule has 1 rings (SSSR count). The van der Waals surface area contributed by atoms with Crippen molar-refractivity contribution in [1.29, 1.82) is 0 Å². The molecular weight excluding hydrogens is 214 g/mol. The molecule has 0 saturated heterocycles. The molecule has 1 N–H and O–H groups in total. The lowest BCUT2D eigenvalue weighted by atomic mass is 10.1. The van der Waals surface area contributed by atoms with Crippen LogP contribution < -0.4 is 10.1 Å². The van der Waals surface area contributed by atoms with E-state index in [2.05, 4.69) is 29.1 Å². The predicted octanol–water partition coefficient (Wildman–Crippen LogP) is 2.46. The highest BCUT2D eigenvalue weighted by Gasteiger charge is 2.18. The van der Waals surface area contributed by atoms with Gasteiger partial charge in [-0.15, -0.1) is 0 Å². The molecule has 17 heavy (non-hydrogen) atoms. The molecule has 96 valence electrons. The third-order valence-corrected chi connectivity index (χ3v) is 2.66. The average molecular weight is 237 g/mol. The maximum absolute atomic E-state index is 5.80. The minimum atomic E-state index is -0.219. The largest absolute Gasteiger partial charge is 0.457 e. The lowest BCUT2D eigenvalue weighted by Gasteiger charge is -2.23. The molecule has 1 heterocycles. The first kappa shape index (κ1) is 13.9. The summed E-state index contributed by atoms with van der Waals surface area (Å²) < 4.78 is 5.80. The molecule has 0 amide bonds. The van der Waals surface area contributed by atoms with Gasteiger partial charge in [0.25, 0.3) is 0 Å². The zero-order chi connectivity index (χ0) is 12.9. The van der Waals surface area contributed by atoms with Crippen LogP contribution >= 0.6 is 0 Å². The molecule has 0 aliphatic carbocycles. The molecular formula is C13H23N3O. The molecule has 0 aliphatic rings. The van der Waals surface area contributed by atoms with E-state index >= 15 is 0 Å². The first-order chi connectivity index (χ1) is 7.96. The molecule has 0 aromatic carbocycles. The molecule has 0 atom stereocenters. The fraction of sp³-hybridized carbons (Fsp3) is 0.692. The molecule has 0 radical (unpaired) electrons. The van der Waals surface area contributed by atoms with E-state index < -0.39 is 0 Å². The van der Waals surface area contributed by atoms with Crippen LogP contribution in [0.3, 0.4) is 0 Å². The smallest absolute Gasteiger partial charge is 0.317 e. The third-order valence-electron chi connectivity index (χ3n) is 2.66. The summed E-state index contributed by atoms with van der Waals surface area (Å²) in [5.41, 5.74) is 1.69. The second-order valence-electron chi connectivity index (χ2n) is 4.78. The highest BCUT2D eigenvalue weighted by molar-refractivity contribution is 5.13. The van der Waals surface area contributed by atoms with Crippen molar-refractivity contribution < 1.29 is 4.74 Å². The minimum Gasteiger partial charge on any atom is -0.457 e. The van der Waals surface area contributed by atoms with Crippen LogP contribution in [-0.2, 0) is 6.54 Å². The number of ether oxygens (including phenoxy) is 1. The molecule has 0 saturated carbocycles. The molecule has 0 spiro atoms. The lowest BCUT2D eigenvalue weighted by molar-refractivity contribution is 0.0918. The zero-order valence-electron chi connectivity index (χ0n) is 11.5. The number of hydrogen-bond donors (Lipinski definition) is 1. The van der Waals surface area contributed by atoms with Gasteiger partial charge in [-0.25, -0.2) is 4.98 Å². The molecule has 4 heteroatoms. The van der Waals surface area contributed by atoms with Crippen molar-refractivity contribution in [3.63, 3.8) is 0 Å². The van der Waals surface area contributed by atoms with Crippen LogP contribution in [0.15, 0.2) is 6.07 Å². The topological polar surface area (TPSA) is 47.0 Å². The second kappa shape index (κ2) is 5.96. The Morgan fingerprint density at radius 3 is 2.59 bits per heavy atom. The van der Waals surface area contributed by atoms with Crippen LogP contribution in [0.25, 0.3) is 0 Å². The SMILES string of the molecule is CCNCc1cc(C)nc(OC(C)(C)CC)n1. The molecule has 0 aliphatic heterocycles. The summed E-state index contributed by atoms with van der Waals surface area (Å²) in [5.74, 6) is 0. The second-order valence-corrected chi connectivity index (χ2v) is 4.78. The summed E-state index contributed by atoms with van der Waals surface area (Å²) in [6.07, 6.45) is 0.923. The monoisotopic (exact) mass is 237 g/mol. The predicted molar refractivity (Wildman–Crippen MR) is 69.1 cm³/mol. The van der Waals surface area contributed by atoms with Gasteiger partial charge in [0.15, 0.2) is 0 Å². The van der Waals surface area contributed by atoms with Crippen LogP contribution in [0, 0.1) is 6.92 Å². The van der Waals surface area contributed by atoms with Crippen molar-refractivity contribution in [2.45, 2.75) is 53.2 Å². The van der Waals surface area contributed by atoms with Crippen molar-refractivity contribution in [2.24, 2.45) is 0 Å². The molecule has 0 bridgehead atoms. The molecule has 1 aromatic heterocycles. The Morgan fingerprint density at radius 1 is 1.29 bits per heavy atom. The van der Waals surface area contributed by atoms with E-state index in [0.29, 0.717) is 6.01 Å². The van der Waals surface area contributed by atoms with Gasteiger partial charge in [0.1, 0.15) is 5.60 Å². The first-order valence-electron chi connectivity index (χ1n) is 6.21. The summed E-state index contributed by atoms with van der Waals surface area (Å²) in [6.45, 7) is 11.9. The Labute approximate surface area is 104 Å². The van der Waals surface area contributed by atoms with Gasteiger partial charge in [-0.1, -0.05) is 13.8 Å². The molecule has 0 unspecified atom stereocenters. The van der Waals surface area contributed by atoms with Crippen molar-refractivity contribution in [3.05, 3.63) is 17.5 Å². The summed E-state index contributed by atoms with van der Waals surface area (Å²) in [7, 11) is 0. The van der Waals surface area contributed by atoms with Crippen LogP contribution in [0.2, 0.25) is 0 Å². The van der Waals surface area contributed by atoms with Gasteiger partial charge in [0, 0.05) is 12.2 Å². The van der Waals surface area contributed by atoms with Gasteiger partial charge in [-0.05, 0) is 39.8 Å². The van der Waals surface area contributed by atoms with E-state index in [-0.39, 0.29) is 5.60 Å². The van der Waals surface area contributed by atoms with E-state index in [0.717, 1.165) is 30.9 Å². The quantitative estimate of drug-likeness (QED) is 0.825. The van der Waals surface area contributed by atoms with Gasteiger partial charge in [-0.2, -0.15) is 4.98 Å². The first-order valence-corrected chi connectivity index (χ1v) is 6.21. The third kappa shape index (κ3) is 4.69. The Balaban J connectivity index is 2.82. The highest BCUT2D eigenvalue weighted by Crippen LogP contribution is 2.17. The van der Waals surface area contributed by atoms with Crippen molar-refractivity contribution in [3.8, 4) is 6.01 Å². The standard InChI is InChI=1S/C13H23N3O/c1-6-13(4,5)17-12-15-10(3)8-11(16-12)9-14-7-2/h8,14H,6-7,9H2,1-5H3. The number of aryl methyl sites for hydroxylation is 1. The maximum atomic E-state index is 5.80. The van der Waals surface area contributed by atoms with Gasteiger partial charge in [-0.3, -0.25) is 0 Å². The molecule has 4 nitrogen and oxygen atoms in total. The van der Waals surface area contributed by atoms with Crippen molar-refractivity contribution >= 4 is 0 Å². The number of rotatable bonds is 6. The Morgan fingerprint density at radius 2 is 2.00 bits per heavy atom. The number of aromatic nitrogens is 2. The summed E-state index contributed by atoms with van der Waals surface area (Å²) in [4.78, 5) is 8.72. The van der Waals surface area contributed by atoms with Crippen molar-refractivity contribution in [2.75, 3.05) is 6.54 Å². The summed E-state index contributed by atoms with van der Waals surface area (Å²) in [6, 6.07) is 2.46. The van der Waals surface area contributed by atoms with E-state index in [1.165, 1.54) is 0 Å². The summed E-state index contributed by atoms with van der Waals surface area (Å²) >= 11 is 0. The fourth-order valence-electron chi connectivity index (χ4n) is 1.31. The van der Waals surface area contributed by atoms with Gasteiger partial charge < -0.3 is 10.1 Å². The normalized spacial score (nSPS) is 11.6. The average Bonchev–Trinajstić information content (AvgIpc) is 2.25. The number of nitrogens with zero attached hydrogens (tertiary/aromatic N) is 2. The van der Waals surface area contributed by atoms with Crippen LogP contribution in [0.1, 0.15) is 45.5 Å². The molecule has 1 aromatic rings.